The van der Waals surface area contributed by atoms with Crippen molar-refractivity contribution in [1.82, 2.24) is 0 Å². The summed E-state index contributed by atoms with van der Waals surface area (Å²) in [6.45, 7) is 6.70. The highest BCUT2D eigenvalue weighted by atomic mass is 16.5. The van der Waals surface area contributed by atoms with Crippen molar-refractivity contribution in [2.24, 2.45) is 0 Å². The van der Waals surface area contributed by atoms with Crippen molar-refractivity contribution in [1.29, 1.82) is 0 Å². The molecule has 1 heterocycles. The molecule has 3 aliphatic rings. The average Bonchev–Trinajstić information content (AvgIpc) is 3.64. The zero-order valence-corrected chi connectivity index (χ0v) is 30.5. The summed E-state index contributed by atoms with van der Waals surface area (Å²) in [7, 11) is 1.83. The highest BCUT2D eigenvalue weighted by Gasteiger charge is 2.47. The van der Waals surface area contributed by atoms with Crippen molar-refractivity contribution >= 4 is 21.9 Å². The largest absolute Gasteiger partial charge is 0.473 e. The van der Waals surface area contributed by atoms with E-state index in [4.69, 9.17) is 9.47 Å². The maximum atomic E-state index is 7.35. The molecular weight excluding hydrogens is 645 g/mol. The minimum Gasteiger partial charge on any atom is -0.473 e. The van der Waals surface area contributed by atoms with Gasteiger partial charge in [-0.25, -0.2) is 0 Å². The van der Waals surface area contributed by atoms with Gasteiger partial charge in [0.25, 0.3) is 0 Å². The zero-order chi connectivity index (χ0) is 35.9. The van der Waals surface area contributed by atoms with E-state index in [-0.39, 0.29) is 0 Å². The van der Waals surface area contributed by atoms with Crippen LogP contribution in [0.2, 0.25) is 0 Å². The van der Waals surface area contributed by atoms with E-state index in [0.29, 0.717) is 0 Å². The molecule has 7 aromatic carbocycles. The number of aryl methyl sites for hydroxylation is 2. The molecular formula is C51H40O2. The zero-order valence-electron chi connectivity index (χ0n) is 30.5. The van der Waals surface area contributed by atoms with E-state index < -0.39 is 11.2 Å². The summed E-state index contributed by atoms with van der Waals surface area (Å²) >= 11 is 0. The molecule has 2 aliphatic carbocycles. The number of hydrogen-bond acceptors (Lipinski definition) is 2. The summed E-state index contributed by atoms with van der Waals surface area (Å²) in [5, 5.41) is 2.49. The first kappa shape index (κ1) is 31.7. The Kier molecular flexibility index (Phi) is 7.06. The maximum absolute atomic E-state index is 7.35. The fourth-order valence-corrected chi connectivity index (χ4v) is 9.51. The van der Waals surface area contributed by atoms with E-state index >= 15 is 0 Å². The Morgan fingerprint density at radius 3 is 1.81 bits per heavy atom. The summed E-state index contributed by atoms with van der Waals surface area (Å²) in [6.07, 6.45) is 5.72. The van der Waals surface area contributed by atoms with Gasteiger partial charge < -0.3 is 9.47 Å². The fourth-order valence-electron chi connectivity index (χ4n) is 9.51. The van der Waals surface area contributed by atoms with E-state index in [1.807, 2.05) is 7.11 Å². The predicted molar refractivity (Wildman–Crippen MR) is 218 cm³/mol. The number of ether oxygens (including phenoxy) is 2. The Balaban J connectivity index is 1.20. The van der Waals surface area contributed by atoms with Gasteiger partial charge in [0.1, 0.15) is 11.4 Å². The van der Waals surface area contributed by atoms with Gasteiger partial charge in [-0.05, 0) is 111 Å². The van der Waals surface area contributed by atoms with Gasteiger partial charge in [0.2, 0.25) is 0 Å². The third-order valence-corrected chi connectivity index (χ3v) is 12.1. The standard InChI is InChI=1S/C51H40O2/c1-5-34-25-26-42-37(33(34)3)27-28-48-49(42)43(31-51(53-48)46-23-12-8-19-40(46)41-20-9-13-24-47(41)51)36-16-14-15-35(29-36)32(2)30-50(52-4)44-21-10-6-17-38(44)39-18-7-11-22-45(39)50/h6-31H,5H2,1-4H3/b32-30+. The first-order valence-electron chi connectivity index (χ1n) is 18.7. The summed E-state index contributed by atoms with van der Waals surface area (Å²) in [4.78, 5) is 0. The van der Waals surface area contributed by atoms with Crippen LogP contribution in [0.15, 0.2) is 158 Å². The molecule has 0 saturated carbocycles. The first-order chi connectivity index (χ1) is 26.0. The van der Waals surface area contributed by atoms with Crippen LogP contribution in [0.3, 0.4) is 0 Å². The van der Waals surface area contributed by atoms with Crippen LogP contribution in [0.25, 0.3) is 44.2 Å². The van der Waals surface area contributed by atoms with Crippen LogP contribution in [0.5, 0.6) is 5.75 Å². The van der Waals surface area contributed by atoms with E-state index in [1.54, 1.807) is 0 Å². The number of fused-ring (bicyclic) bond motifs is 11. The summed E-state index contributed by atoms with van der Waals surface area (Å²) in [5.74, 6) is 0.903. The topological polar surface area (TPSA) is 18.5 Å². The maximum Gasteiger partial charge on any atom is 0.179 e. The molecule has 0 amide bonds. The second-order valence-electron chi connectivity index (χ2n) is 14.7. The Hall–Kier alpha value is -5.96. The highest BCUT2D eigenvalue weighted by Crippen LogP contribution is 2.56. The molecule has 0 aromatic heterocycles. The van der Waals surface area contributed by atoms with Gasteiger partial charge in [0.05, 0.1) is 0 Å². The highest BCUT2D eigenvalue weighted by molar-refractivity contribution is 6.04. The van der Waals surface area contributed by atoms with Crippen LogP contribution in [-0.4, -0.2) is 7.11 Å². The van der Waals surface area contributed by atoms with Crippen molar-refractivity contribution in [3.05, 3.63) is 208 Å². The second kappa shape index (κ2) is 11.8. The predicted octanol–water partition coefficient (Wildman–Crippen LogP) is 12.4. The average molecular weight is 685 g/mol. The SMILES string of the molecule is CCc1ccc2c3c(ccc2c1C)OC1(C=C3c2cccc(/C(C)=C/C3(OC)c4ccccc4-c4ccccc43)c2)c2ccccc2-c2ccccc21. The van der Waals surface area contributed by atoms with Gasteiger partial charge in [-0.2, -0.15) is 0 Å². The lowest BCUT2D eigenvalue weighted by Gasteiger charge is -2.36. The number of allylic oxidation sites excluding steroid dienone is 1. The van der Waals surface area contributed by atoms with Crippen LogP contribution in [0.4, 0.5) is 0 Å². The lowest BCUT2D eigenvalue weighted by Crippen LogP contribution is -2.33. The Bertz CT molecular complexity index is 2620. The molecule has 1 spiro atoms. The number of hydrogen-bond donors (Lipinski definition) is 0. The van der Waals surface area contributed by atoms with Crippen molar-refractivity contribution in [2.45, 2.75) is 38.4 Å². The lowest BCUT2D eigenvalue weighted by molar-refractivity contribution is 0.0698. The quantitative estimate of drug-likeness (QED) is 0.180. The molecule has 53 heavy (non-hydrogen) atoms. The van der Waals surface area contributed by atoms with Gasteiger partial charge >= 0.3 is 0 Å². The molecule has 10 rings (SSSR count). The summed E-state index contributed by atoms with van der Waals surface area (Å²) in [5.41, 5.74) is 16.6. The molecule has 2 nitrogen and oxygen atoms in total. The molecule has 0 fully saturated rings. The van der Waals surface area contributed by atoms with Gasteiger partial charge in [0.15, 0.2) is 5.60 Å². The first-order valence-corrected chi connectivity index (χ1v) is 18.7. The molecule has 256 valence electrons. The van der Waals surface area contributed by atoms with Crippen molar-refractivity contribution in [3.8, 4) is 28.0 Å². The van der Waals surface area contributed by atoms with Crippen LogP contribution in [-0.2, 0) is 22.4 Å². The van der Waals surface area contributed by atoms with Gasteiger partial charge in [0, 0.05) is 34.9 Å². The molecule has 0 radical (unpaired) electrons. The van der Waals surface area contributed by atoms with Crippen molar-refractivity contribution in [3.63, 3.8) is 0 Å². The minimum atomic E-state index is -0.764. The van der Waals surface area contributed by atoms with E-state index in [0.717, 1.165) is 34.4 Å². The fraction of sp³-hybridized carbons (Fsp3) is 0.137. The van der Waals surface area contributed by atoms with Crippen molar-refractivity contribution in [2.75, 3.05) is 7.11 Å². The molecule has 0 N–H and O–H groups in total. The molecule has 7 aromatic rings. The van der Waals surface area contributed by atoms with Gasteiger partial charge in [-0.3, -0.25) is 0 Å². The molecule has 0 atom stereocenters. The Morgan fingerprint density at radius 1 is 0.642 bits per heavy atom. The molecule has 0 bridgehead atoms. The smallest absolute Gasteiger partial charge is 0.179 e. The summed E-state index contributed by atoms with van der Waals surface area (Å²) < 4.78 is 13.9. The molecule has 0 saturated heterocycles. The van der Waals surface area contributed by atoms with Crippen LogP contribution < -0.4 is 4.74 Å². The van der Waals surface area contributed by atoms with E-state index in [2.05, 4.69) is 179 Å². The van der Waals surface area contributed by atoms with Crippen LogP contribution >= 0.6 is 0 Å². The number of rotatable bonds is 5. The minimum absolute atomic E-state index is 0.691. The van der Waals surface area contributed by atoms with Gasteiger partial charge in [-0.1, -0.05) is 140 Å². The Morgan fingerprint density at radius 2 is 1.21 bits per heavy atom. The van der Waals surface area contributed by atoms with Crippen molar-refractivity contribution < 1.29 is 9.47 Å². The van der Waals surface area contributed by atoms with Crippen LogP contribution in [0.1, 0.15) is 63.9 Å². The van der Waals surface area contributed by atoms with Crippen LogP contribution in [0, 0.1) is 6.92 Å². The third-order valence-electron chi connectivity index (χ3n) is 12.1. The second-order valence-corrected chi connectivity index (χ2v) is 14.7. The Labute approximate surface area is 311 Å². The summed E-state index contributed by atoms with van der Waals surface area (Å²) in [6, 6.07) is 52.8. The normalized spacial score (nSPS) is 15.6. The molecule has 0 unspecified atom stereocenters. The molecule has 2 heteroatoms. The van der Waals surface area contributed by atoms with E-state index in [9.17, 15) is 0 Å². The number of methoxy groups -OCH3 is 1. The number of benzene rings is 7. The third kappa shape index (κ3) is 4.43. The lowest BCUT2D eigenvalue weighted by atomic mass is 9.80. The van der Waals surface area contributed by atoms with Gasteiger partial charge in [-0.15, -0.1) is 0 Å². The van der Waals surface area contributed by atoms with E-state index in [1.165, 1.54) is 72.0 Å². The molecule has 1 aliphatic heterocycles. The monoisotopic (exact) mass is 684 g/mol.